The maximum Gasteiger partial charge on any atom is 0.264 e. The van der Waals surface area contributed by atoms with Gasteiger partial charge in [0.2, 0.25) is 0 Å². The van der Waals surface area contributed by atoms with Crippen LogP contribution in [0.1, 0.15) is 0 Å². The summed E-state index contributed by atoms with van der Waals surface area (Å²) < 4.78 is 37.4. The highest BCUT2D eigenvalue weighted by Gasteiger charge is 2.13. The van der Waals surface area contributed by atoms with Crippen molar-refractivity contribution >= 4 is 32.6 Å². The molecule has 1 aromatic heterocycles. The van der Waals surface area contributed by atoms with Gasteiger partial charge >= 0.3 is 0 Å². The highest BCUT2D eigenvalue weighted by atomic mass is 32.1. The van der Waals surface area contributed by atoms with Crippen LogP contribution in [0.3, 0.4) is 0 Å². The predicted octanol–water partition coefficient (Wildman–Crippen LogP) is 3.60. The van der Waals surface area contributed by atoms with Gasteiger partial charge in [0.25, 0.3) is 5.91 Å². The molecule has 3 rings (SSSR count). The van der Waals surface area contributed by atoms with Crippen LogP contribution in [0.2, 0.25) is 0 Å². The average molecular weight is 350 g/mol. The average Bonchev–Trinajstić information content (AvgIpc) is 2.96. The third kappa shape index (κ3) is 3.60. The molecule has 1 amide bonds. The Balaban J connectivity index is 1.63. The third-order valence-electron chi connectivity index (χ3n) is 3.09. The number of ether oxygens (including phenoxy) is 2. The number of halogens is 2. The number of nitrogens with one attached hydrogen (secondary N) is 1. The van der Waals surface area contributed by atoms with Gasteiger partial charge in [-0.1, -0.05) is 11.3 Å². The molecule has 0 bridgehead atoms. The zero-order chi connectivity index (χ0) is 17.1. The molecular formula is C16H12F2N2O3S. The summed E-state index contributed by atoms with van der Waals surface area (Å²) in [6.45, 7) is -0.237. The lowest BCUT2D eigenvalue weighted by Gasteiger charge is -2.06. The van der Waals surface area contributed by atoms with E-state index < -0.39 is 17.5 Å². The lowest BCUT2D eigenvalue weighted by atomic mass is 10.3. The highest BCUT2D eigenvalue weighted by Crippen LogP contribution is 2.28. The van der Waals surface area contributed by atoms with Gasteiger partial charge in [0.15, 0.2) is 17.6 Å². The SMILES string of the molecule is COc1ccc(OCC(=O)Nc2nc3c(F)cc(F)cc3s2)cc1. The van der Waals surface area contributed by atoms with Crippen LogP contribution in [0, 0.1) is 11.6 Å². The molecule has 1 N–H and O–H groups in total. The van der Waals surface area contributed by atoms with E-state index in [4.69, 9.17) is 9.47 Å². The Morgan fingerprint density at radius 3 is 2.62 bits per heavy atom. The number of carbonyl (C=O) groups is 1. The molecule has 1 heterocycles. The molecule has 0 aliphatic carbocycles. The second-order valence-electron chi connectivity index (χ2n) is 4.77. The van der Waals surface area contributed by atoms with E-state index in [0.29, 0.717) is 16.2 Å². The fourth-order valence-corrected chi connectivity index (χ4v) is 2.91. The number of amides is 1. The summed E-state index contributed by atoms with van der Waals surface area (Å²) in [7, 11) is 1.55. The fraction of sp³-hybridized carbons (Fsp3) is 0.125. The first-order chi connectivity index (χ1) is 11.5. The van der Waals surface area contributed by atoms with E-state index in [-0.39, 0.29) is 17.3 Å². The second-order valence-corrected chi connectivity index (χ2v) is 5.80. The zero-order valence-corrected chi connectivity index (χ0v) is 13.3. The van der Waals surface area contributed by atoms with Gasteiger partial charge in [-0.15, -0.1) is 0 Å². The summed E-state index contributed by atoms with van der Waals surface area (Å²) in [5.74, 6) is -0.731. The zero-order valence-electron chi connectivity index (χ0n) is 12.5. The van der Waals surface area contributed by atoms with Crippen molar-refractivity contribution in [3.05, 3.63) is 48.0 Å². The van der Waals surface area contributed by atoms with Crippen LogP contribution in [-0.4, -0.2) is 24.6 Å². The predicted molar refractivity (Wildman–Crippen MR) is 86.7 cm³/mol. The molecule has 0 aliphatic rings. The Morgan fingerprint density at radius 2 is 1.92 bits per heavy atom. The van der Waals surface area contributed by atoms with E-state index in [2.05, 4.69) is 10.3 Å². The molecule has 8 heteroatoms. The molecule has 0 spiro atoms. The van der Waals surface area contributed by atoms with Crippen molar-refractivity contribution in [2.24, 2.45) is 0 Å². The van der Waals surface area contributed by atoms with E-state index in [1.54, 1.807) is 31.4 Å². The van der Waals surface area contributed by atoms with Crippen LogP contribution in [0.5, 0.6) is 11.5 Å². The van der Waals surface area contributed by atoms with Gasteiger partial charge in [0.05, 0.1) is 11.8 Å². The molecule has 0 saturated carbocycles. The molecule has 3 aromatic rings. The lowest BCUT2D eigenvalue weighted by molar-refractivity contribution is -0.118. The topological polar surface area (TPSA) is 60.5 Å². The van der Waals surface area contributed by atoms with Crippen molar-refractivity contribution in [1.82, 2.24) is 4.98 Å². The molecule has 2 aromatic carbocycles. The van der Waals surface area contributed by atoms with Gasteiger partial charge in [-0.3, -0.25) is 10.1 Å². The summed E-state index contributed by atoms with van der Waals surface area (Å²) in [5.41, 5.74) is 0.0211. The van der Waals surface area contributed by atoms with Gasteiger partial charge < -0.3 is 9.47 Å². The van der Waals surface area contributed by atoms with Crippen molar-refractivity contribution in [2.45, 2.75) is 0 Å². The van der Waals surface area contributed by atoms with E-state index in [1.165, 1.54) is 6.07 Å². The van der Waals surface area contributed by atoms with Gasteiger partial charge in [-0.25, -0.2) is 13.8 Å². The number of anilines is 1. The largest absolute Gasteiger partial charge is 0.497 e. The third-order valence-corrected chi connectivity index (χ3v) is 4.01. The Bertz CT molecular complexity index is 881. The van der Waals surface area contributed by atoms with E-state index in [9.17, 15) is 13.6 Å². The molecule has 0 radical (unpaired) electrons. The number of aromatic nitrogens is 1. The number of hydrogen-bond acceptors (Lipinski definition) is 5. The minimum Gasteiger partial charge on any atom is -0.497 e. The Kier molecular flexibility index (Phi) is 4.57. The smallest absolute Gasteiger partial charge is 0.264 e. The summed E-state index contributed by atoms with van der Waals surface area (Å²) >= 11 is 0.985. The number of benzene rings is 2. The summed E-state index contributed by atoms with van der Waals surface area (Å²) in [5, 5.41) is 2.68. The minimum absolute atomic E-state index is 0.0211. The molecule has 5 nitrogen and oxygen atoms in total. The molecule has 124 valence electrons. The van der Waals surface area contributed by atoms with Crippen molar-refractivity contribution in [3.8, 4) is 11.5 Å². The number of hydrogen-bond donors (Lipinski definition) is 1. The summed E-state index contributed by atoms with van der Waals surface area (Å²) in [6, 6.07) is 8.67. The minimum atomic E-state index is -0.767. The van der Waals surface area contributed by atoms with Crippen LogP contribution in [0.15, 0.2) is 36.4 Å². The number of rotatable bonds is 5. The van der Waals surface area contributed by atoms with E-state index in [0.717, 1.165) is 17.4 Å². The summed E-state index contributed by atoms with van der Waals surface area (Å²) in [6.07, 6.45) is 0. The maximum atomic E-state index is 13.6. The van der Waals surface area contributed by atoms with Crippen molar-refractivity contribution < 1.29 is 23.0 Å². The molecule has 0 atom stereocenters. The Labute approximate surface area is 139 Å². The molecule has 0 aliphatic heterocycles. The molecule has 24 heavy (non-hydrogen) atoms. The van der Waals surface area contributed by atoms with Crippen LogP contribution >= 0.6 is 11.3 Å². The van der Waals surface area contributed by atoms with E-state index in [1.807, 2.05) is 0 Å². The maximum absolute atomic E-state index is 13.6. The Morgan fingerprint density at radius 1 is 1.21 bits per heavy atom. The van der Waals surface area contributed by atoms with Crippen LogP contribution < -0.4 is 14.8 Å². The number of carbonyl (C=O) groups excluding carboxylic acids is 1. The second kappa shape index (κ2) is 6.79. The quantitative estimate of drug-likeness (QED) is 0.764. The van der Waals surface area contributed by atoms with Gasteiger partial charge in [-0.2, -0.15) is 0 Å². The first-order valence-corrected chi connectivity index (χ1v) is 7.69. The lowest BCUT2D eigenvalue weighted by Crippen LogP contribution is -2.19. The van der Waals surface area contributed by atoms with Crippen LogP contribution in [0.4, 0.5) is 13.9 Å². The monoisotopic (exact) mass is 350 g/mol. The number of fused-ring (bicyclic) bond motifs is 1. The summed E-state index contributed by atoms with van der Waals surface area (Å²) in [4.78, 5) is 15.8. The van der Waals surface area contributed by atoms with Crippen molar-refractivity contribution in [1.29, 1.82) is 0 Å². The van der Waals surface area contributed by atoms with Crippen molar-refractivity contribution in [2.75, 3.05) is 19.0 Å². The first kappa shape index (κ1) is 16.1. The fourth-order valence-electron chi connectivity index (χ4n) is 1.99. The van der Waals surface area contributed by atoms with Crippen LogP contribution in [-0.2, 0) is 4.79 Å². The number of thiazole rings is 1. The molecule has 0 saturated heterocycles. The van der Waals surface area contributed by atoms with E-state index >= 15 is 0 Å². The molecule has 0 unspecified atom stereocenters. The normalized spacial score (nSPS) is 10.6. The number of methoxy groups -OCH3 is 1. The molecule has 0 fully saturated rings. The van der Waals surface area contributed by atoms with Gasteiger partial charge in [0, 0.05) is 6.07 Å². The molecular weight excluding hydrogens is 338 g/mol. The number of nitrogens with zero attached hydrogens (tertiary/aromatic N) is 1. The Hall–Kier alpha value is -2.74. The van der Waals surface area contributed by atoms with Crippen LogP contribution in [0.25, 0.3) is 10.2 Å². The highest BCUT2D eigenvalue weighted by molar-refractivity contribution is 7.22. The van der Waals surface area contributed by atoms with Gasteiger partial charge in [-0.05, 0) is 30.3 Å². The first-order valence-electron chi connectivity index (χ1n) is 6.87. The standard InChI is InChI=1S/C16H12F2N2O3S/c1-22-10-2-4-11(5-3-10)23-8-14(21)19-16-20-15-12(18)6-9(17)7-13(15)24-16/h2-7H,8H2,1H3,(H,19,20,21). The van der Waals surface area contributed by atoms with Crippen molar-refractivity contribution in [3.63, 3.8) is 0 Å². The van der Waals surface area contributed by atoms with Gasteiger partial charge in [0.1, 0.15) is 22.8 Å².